The highest BCUT2D eigenvalue weighted by Crippen LogP contribution is 2.25. The number of nitrogens with zero attached hydrogens (tertiary/aromatic N) is 4. The highest BCUT2D eigenvalue weighted by atomic mass is 16.5. The summed E-state index contributed by atoms with van der Waals surface area (Å²) < 4.78 is 0. The van der Waals surface area contributed by atoms with Crippen LogP contribution in [0.1, 0.15) is 32.8 Å². The van der Waals surface area contributed by atoms with Gasteiger partial charge in [0.05, 0.1) is 18.0 Å². The molecule has 9 nitrogen and oxygen atoms in total. The molecule has 140 valence electrons. The molecular weight excluding hydrogens is 336 g/mol. The summed E-state index contributed by atoms with van der Waals surface area (Å²) in [5, 5.41) is 17.9. The molecule has 0 aliphatic heterocycles. The van der Waals surface area contributed by atoms with Gasteiger partial charge in [-0.05, 0) is 30.4 Å². The summed E-state index contributed by atoms with van der Waals surface area (Å²) in [6.45, 7) is 7.73. The Balaban J connectivity index is 2.08. The fourth-order valence-electron chi connectivity index (χ4n) is 2.62. The van der Waals surface area contributed by atoms with Crippen LogP contribution < -0.4 is 10.9 Å². The first-order chi connectivity index (χ1) is 12.2. The van der Waals surface area contributed by atoms with Crippen molar-refractivity contribution in [1.29, 1.82) is 0 Å². The van der Waals surface area contributed by atoms with Crippen LogP contribution in [0.2, 0.25) is 0 Å². The summed E-state index contributed by atoms with van der Waals surface area (Å²) in [5.74, 6) is -0.826. The minimum atomic E-state index is -0.604. The predicted molar refractivity (Wildman–Crippen MR) is 96.0 cm³/mol. The lowest BCUT2D eigenvalue weighted by molar-refractivity contribution is -0.155. The third-order valence-electron chi connectivity index (χ3n) is 3.74. The van der Waals surface area contributed by atoms with Crippen molar-refractivity contribution in [3.63, 3.8) is 0 Å². The van der Waals surface area contributed by atoms with E-state index in [1.54, 1.807) is 6.07 Å². The number of aryl methyl sites for hydroxylation is 1. The molecule has 0 saturated carbocycles. The zero-order valence-corrected chi connectivity index (χ0v) is 15.4. The molecule has 9 heteroatoms. The first kappa shape index (κ1) is 19.5. The predicted octanol–water partition coefficient (Wildman–Crippen LogP) is 1.68. The highest BCUT2D eigenvalue weighted by molar-refractivity contribution is 5.81. The second-order valence-electron chi connectivity index (χ2n) is 7.38. The smallest absolute Gasteiger partial charge is 0.262 e. The van der Waals surface area contributed by atoms with Gasteiger partial charge in [0.15, 0.2) is 0 Å². The fourth-order valence-corrected chi connectivity index (χ4v) is 2.62. The van der Waals surface area contributed by atoms with E-state index in [9.17, 15) is 14.8 Å². The third-order valence-corrected chi connectivity index (χ3v) is 3.74. The van der Waals surface area contributed by atoms with Crippen molar-refractivity contribution in [1.82, 2.24) is 25.7 Å². The van der Waals surface area contributed by atoms with Crippen LogP contribution in [-0.4, -0.2) is 44.3 Å². The van der Waals surface area contributed by atoms with E-state index in [0.29, 0.717) is 22.5 Å². The second kappa shape index (κ2) is 8.05. The van der Waals surface area contributed by atoms with Gasteiger partial charge in [0, 0.05) is 0 Å². The van der Waals surface area contributed by atoms with Crippen LogP contribution >= 0.6 is 0 Å². The summed E-state index contributed by atoms with van der Waals surface area (Å²) in [6, 6.07) is 5.58. The lowest BCUT2D eigenvalue weighted by atomic mass is 9.84. The van der Waals surface area contributed by atoms with Crippen LogP contribution in [0.3, 0.4) is 0 Å². The van der Waals surface area contributed by atoms with Gasteiger partial charge < -0.3 is 0 Å². The van der Waals surface area contributed by atoms with Crippen molar-refractivity contribution in [2.24, 2.45) is 11.3 Å². The lowest BCUT2D eigenvalue weighted by Gasteiger charge is -2.26. The lowest BCUT2D eigenvalue weighted by Crippen LogP contribution is -2.42. The van der Waals surface area contributed by atoms with E-state index < -0.39 is 5.92 Å². The Bertz CT molecular complexity index is 790. The number of aromatic nitrogens is 3. The number of anilines is 1. The molecule has 0 fully saturated rings. The molecule has 0 radical (unpaired) electrons. The molecule has 1 atom stereocenters. The molecule has 0 aliphatic rings. The molecule has 0 bridgehead atoms. The van der Waals surface area contributed by atoms with Crippen LogP contribution in [0.5, 0.6) is 0 Å². The Hall–Kier alpha value is -2.81. The molecule has 1 heterocycles. The summed E-state index contributed by atoms with van der Waals surface area (Å²) >= 11 is 0. The molecule has 0 unspecified atom stereocenters. The maximum atomic E-state index is 12.5. The molecule has 2 amide bonds. The number of nitrogens with one attached hydrogen (secondary N) is 2. The molecular formula is C17H24N6O3. The van der Waals surface area contributed by atoms with Crippen LogP contribution in [0.25, 0.3) is 11.0 Å². The second-order valence-corrected chi connectivity index (χ2v) is 7.38. The van der Waals surface area contributed by atoms with Crippen molar-refractivity contribution < 1.29 is 14.8 Å². The Kier molecular flexibility index (Phi) is 6.04. The van der Waals surface area contributed by atoms with Gasteiger partial charge in [0.1, 0.15) is 5.52 Å². The number of amides is 2. The number of hydrogen-bond acceptors (Lipinski definition) is 7. The summed E-state index contributed by atoms with van der Waals surface area (Å²) in [7, 11) is 0. The zero-order chi connectivity index (χ0) is 19.3. The Morgan fingerprint density at radius 2 is 2.08 bits per heavy atom. The number of para-hydroxylation sites is 1. The van der Waals surface area contributed by atoms with Gasteiger partial charge in [0.25, 0.3) is 5.95 Å². The SMILES string of the molecule is Cc1cccc2nnc(NNC(=O)[C@@H](CN(O)C=O)CC(C)(C)C)nc12. The number of hydroxylamine groups is 2. The maximum Gasteiger partial charge on any atom is 0.262 e. The van der Waals surface area contributed by atoms with Gasteiger partial charge in [-0.3, -0.25) is 25.6 Å². The molecule has 0 saturated heterocycles. The van der Waals surface area contributed by atoms with Crippen molar-refractivity contribution in [3.05, 3.63) is 23.8 Å². The monoisotopic (exact) mass is 360 g/mol. The Morgan fingerprint density at radius 3 is 2.73 bits per heavy atom. The van der Waals surface area contributed by atoms with Crippen molar-refractivity contribution in [2.75, 3.05) is 12.0 Å². The van der Waals surface area contributed by atoms with Crippen LogP contribution in [0, 0.1) is 18.3 Å². The molecule has 0 spiro atoms. The molecule has 1 aromatic heterocycles. The first-order valence-electron chi connectivity index (χ1n) is 8.26. The van der Waals surface area contributed by atoms with Crippen molar-refractivity contribution in [3.8, 4) is 0 Å². The Labute approximate surface area is 151 Å². The number of carbonyl (C=O) groups is 2. The average molecular weight is 360 g/mol. The molecule has 3 N–H and O–H groups in total. The normalized spacial score (nSPS) is 12.5. The number of hydrazine groups is 1. The van der Waals surface area contributed by atoms with Gasteiger partial charge in [-0.1, -0.05) is 32.9 Å². The molecule has 1 aromatic carbocycles. The van der Waals surface area contributed by atoms with Crippen LogP contribution in [-0.2, 0) is 9.59 Å². The fraction of sp³-hybridized carbons (Fsp3) is 0.471. The summed E-state index contributed by atoms with van der Waals surface area (Å²) in [4.78, 5) is 27.5. The molecule has 0 aliphatic carbocycles. The molecule has 2 aromatic rings. The summed E-state index contributed by atoms with van der Waals surface area (Å²) in [6.07, 6.45) is 0.747. The van der Waals surface area contributed by atoms with E-state index >= 15 is 0 Å². The number of fused-ring (bicyclic) bond motifs is 1. The third kappa shape index (κ3) is 5.35. The van der Waals surface area contributed by atoms with E-state index in [0.717, 1.165) is 5.56 Å². The number of rotatable bonds is 7. The van der Waals surface area contributed by atoms with E-state index in [-0.39, 0.29) is 30.2 Å². The van der Waals surface area contributed by atoms with E-state index in [1.807, 2.05) is 39.8 Å². The Morgan fingerprint density at radius 1 is 1.35 bits per heavy atom. The van der Waals surface area contributed by atoms with Crippen molar-refractivity contribution in [2.45, 2.75) is 34.1 Å². The molecule has 26 heavy (non-hydrogen) atoms. The van der Waals surface area contributed by atoms with Gasteiger partial charge in [-0.15, -0.1) is 10.2 Å². The van der Waals surface area contributed by atoms with Gasteiger partial charge in [0.2, 0.25) is 12.3 Å². The van der Waals surface area contributed by atoms with E-state index in [2.05, 4.69) is 26.0 Å². The minimum absolute atomic E-state index is 0.107. The minimum Gasteiger partial charge on any atom is -0.286 e. The standard InChI is InChI=1S/C17H24N6O3/c1-11-6-5-7-13-14(11)18-16(21-19-13)22-20-15(25)12(8-17(2,3)4)9-23(26)10-24/h5-7,10,12,26H,8-9H2,1-4H3,(H,20,25)(H,18,21,22)/t12-/m1/s1. The largest absolute Gasteiger partial charge is 0.286 e. The highest BCUT2D eigenvalue weighted by Gasteiger charge is 2.26. The number of benzene rings is 1. The average Bonchev–Trinajstić information content (AvgIpc) is 2.58. The van der Waals surface area contributed by atoms with Crippen molar-refractivity contribution >= 4 is 29.3 Å². The summed E-state index contributed by atoms with van der Waals surface area (Å²) in [5.41, 5.74) is 7.31. The topological polar surface area (TPSA) is 120 Å². The molecule has 2 rings (SSSR count). The van der Waals surface area contributed by atoms with E-state index in [1.165, 1.54) is 0 Å². The van der Waals surface area contributed by atoms with Gasteiger partial charge in [-0.2, -0.15) is 0 Å². The van der Waals surface area contributed by atoms with Crippen LogP contribution in [0.15, 0.2) is 18.2 Å². The first-order valence-corrected chi connectivity index (χ1v) is 8.26. The number of carbonyl (C=O) groups excluding carboxylic acids is 2. The maximum absolute atomic E-state index is 12.5. The van der Waals surface area contributed by atoms with E-state index in [4.69, 9.17) is 0 Å². The van der Waals surface area contributed by atoms with Gasteiger partial charge in [-0.25, -0.2) is 10.0 Å². The van der Waals surface area contributed by atoms with Crippen LogP contribution in [0.4, 0.5) is 5.95 Å². The van der Waals surface area contributed by atoms with Gasteiger partial charge >= 0.3 is 0 Å². The quantitative estimate of drug-likeness (QED) is 0.390. The number of hydrogen-bond donors (Lipinski definition) is 3. The zero-order valence-electron chi connectivity index (χ0n) is 15.4.